The molecule has 1 rings (SSSR count). The molecule has 0 fully saturated rings. The molecule has 0 amide bonds. The fourth-order valence-electron chi connectivity index (χ4n) is 1.54. The Balaban J connectivity index is 2.87. The molecule has 1 atom stereocenters. The van der Waals surface area contributed by atoms with Gasteiger partial charge in [-0.25, -0.2) is 12.7 Å². The van der Waals surface area contributed by atoms with Crippen LogP contribution in [0.2, 0.25) is 0 Å². The fourth-order valence-corrected chi connectivity index (χ4v) is 2.44. The van der Waals surface area contributed by atoms with Crippen molar-refractivity contribution < 1.29 is 13.5 Å². The predicted octanol–water partition coefficient (Wildman–Crippen LogP) is 0.580. The van der Waals surface area contributed by atoms with E-state index in [1.54, 1.807) is 24.3 Å². The third-order valence-electron chi connectivity index (χ3n) is 2.72. The number of rotatable bonds is 6. The third-order valence-corrected chi connectivity index (χ3v) is 4.55. The van der Waals surface area contributed by atoms with E-state index in [4.69, 9.17) is 5.11 Å². The largest absolute Gasteiger partial charge is 0.395 e. The smallest absolute Gasteiger partial charge is 0.242 e. The Hall–Kier alpha value is -0.950. The molecule has 0 spiro atoms. The Morgan fingerprint density at radius 3 is 2.28 bits per heavy atom. The summed E-state index contributed by atoms with van der Waals surface area (Å²) in [6.45, 7) is 2.56. The first-order valence-electron chi connectivity index (χ1n) is 5.76. The van der Waals surface area contributed by atoms with E-state index in [0.717, 1.165) is 5.56 Å². The van der Waals surface area contributed by atoms with Crippen LogP contribution in [0, 0.1) is 0 Å². The maximum Gasteiger partial charge on any atom is 0.242 e. The van der Waals surface area contributed by atoms with Crippen molar-refractivity contribution in [2.45, 2.75) is 17.9 Å². The van der Waals surface area contributed by atoms with Crippen molar-refractivity contribution in [1.29, 1.82) is 0 Å². The first-order chi connectivity index (χ1) is 8.39. The molecule has 5 nitrogen and oxygen atoms in total. The van der Waals surface area contributed by atoms with Crippen LogP contribution in [0.4, 0.5) is 0 Å². The van der Waals surface area contributed by atoms with Crippen molar-refractivity contribution in [3.63, 3.8) is 0 Å². The van der Waals surface area contributed by atoms with E-state index in [2.05, 4.69) is 5.32 Å². The van der Waals surface area contributed by atoms with Crippen LogP contribution in [0.1, 0.15) is 18.5 Å². The van der Waals surface area contributed by atoms with Gasteiger partial charge in [0.2, 0.25) is 10.0 Å². The number of nitrogens with zero attached hydrogens (tertiary/aromatic N) is 1. The lowest BCUT2D eigenvalue weighted by atomic mass is 10.1. The first-order valence-corrected chi connectivity index (χ1v) is 7.20. The Kier molecular flexibility index (Phi) is 5.28. The monoisotopic (exact) mass is 272 g/mol. The molecule has 1 aromatic rings. The number of benzene rings is 1. The summed E-state index contributed by atoms with van der Waals surface area (Å²) in [5.74, 6) is 0. The normalized spacial score (nSPS) is 13.8. The minimum Gasteiger partial charge on any atom is -0.395 e. The summed E-state index contributed by atoms with van der Waals surface area (Å²) in [6.07, 6.45) is 0. The highest BCUT2D eigenvalue weighted by Gasteiger charge is 2.17. The second-order valence-electron chi connectivity index (χ2n) is 4.26. The van der Waals surface area contributed by atoms with Gasteiger partial charge in [0, 0.05) is 26.7 Å². The number of nitrogens with one attached hydrogen (secondary N) is 1. The van der Waals surface area contributed by atoms with Gasteiger partial charge < -0.3 is 10.4 Å². The molecule has 0 aliphatic rings. The fraction of sp³-hybridized carbons (Fsp3) is 0.500. The van der Waals surface area contributed by atoms with Gasteiger partial charge in [0.25, 0.3) is 0 Å². The highest BCUT2D eigenvalue weighted by molar-refractivity contribution is 7.89. The van der Waals surface area contributed by atoms with Crippen molar-refractivity contribution in [2.24, 2.45) is 0 Å². The highest BCUT2D eigenvalue weighted by Crippen LogP contribution is 2.17. The Morgan fingerprint density at radius 2 is 1.83 bits per heavy atom. The molecule has 102 valence electrons. The van der Waals surface area contributed by atoms with Crippen LogP contribution in [0.25, 0.3) is 0 Å². The summed E-state index contributed by atoms with van der Waals surface area (Å²) in [5.41, 5.74) is 0.987. The standard InChI is InChI=1S/C12H20N2O3S/c1-10(13-8-9-15)11-4-6-12(7-5-11)18(16,17)14(2)3/h4-7,10,13,15H,8-9H2,1-3H3. The van der Waals surface area contributed by atoms with E-state index in [0.29, 0.717) is 6.54 Å². The number of hydrogen-bond acceptors (Lipinski definition) is 4. The van der Waals surface area contributed by atoms with Crippen molar-refractivity contribution in [3.8, 4) is 0 Å². The molecule has 0 saturated carbocycles. The van der Waals surface area contributed by atoms with E-state index >= 15 is 0 Å². The lowest BCUT2D eigenvalue weighted by molar-refractivity contribution is 0.286. The highest BCUT2D eigenvalue weighted by atomic mass is 32.2. The molecule has 2 N–H and O–H groups in total. The van der Waals surface area contributed by atoms with Gasteiger partial charge in [-0.15, -0.1) is 0 Å². The van der Waals surface area contributed by atoms with Crippen LogP contribution >= 0.6 is 0 Å². The number of hydrogen-bond donors (Lipinski definition) is 2. The second kappa shape index (κ2) is 6.29. The van der Waals surface area contributed by atoms with Gasteiger partial charge >= 0.3 is 0 Å². The molecule has 0 aromatic heterocycles. The Morgan fingerprint density at radius 1 is 1.28 bits per heavy atom. The lowest BCUT2D eigenvalue weighted by Crippen LogP contribution is -2.23. The molecule has 0 bridgehead atoms. The molecule has 1 unspecified atom stereocenters. The molecule has 0 aliphatic heterocycles. The van der Waals surface area contributed by atoms with Gasteiger partial charge in [0.15, 0.2) is 0 Å². The predicted molar refractivity (Wildman–Crippen MR) is 70.8 cm³/mol. The van der Waals surface area contributed by atoms with Gasteiger partial charge in [0.05, 0.1) is 11.5 Å². The molecule has 0 aliphatic carbocycles. The van der Waals surface area contributed by atoms with Crippen LogP contribution in [0.15, 0.2) is 29.2 Å². The zero-order valence-corrected chi connectivity index (χ0v) is 11.7. The summed E-state index contributed by atoms with van der Waals surface area (Å²) < 4.78 is 24.9. The van der Waals surface area contributed by atoms with Gasteiger partial charge in [0.1, 0.15) is 0 Å². The van der Waals surface area contributed by atoms with Gasteiger partial charge in [-0.1, -0.05) is 12.1 Å². The maximum absolute atomic E-state index is 11.9. The van der Waals surface area contributed by atoms with Crippen molar-refractivity contribution in [2.75, 3.05) is 27.2 Å². The van der Waals surface area contributed by atoms with Crippen LogP contribution < -0.4 is 5.32 Å². The summed E-state index contributed by atoms with van der Waals surface area (Å²) >= 11 is 0. The molecule has 0 saturated heterocycles. The minimum absolute atomic E-state index is 0.0771. The first kappa shape index (κ1) is 15.1. The summed E-state index contributed by atoms with van der Waals surface area (Å²) in [7, 11) is -0.346. The number of aliphatic hydroxyl groups excluding tert-OH is 1. The van der Waals surface area contributed by atoms with Crippen molar-refractivity contribution in [1.82, 2.24) is 9.62 Å². The average molecular weight is 272 g/mol. The van der Waals surface area contributed by atoms with E-state index < -0.39 is 10.0 Å². The van der Waals surface area contributed by atoms with Crippen LogP contribution in [-0.4, -0.2) is 45.1 Å². The summed E-state index contributed by atoms with van der Waals surface area (Å²) in [5, 5.41) is 11.8. The molecule has 18 heavy (non-hydrogen) atoms. The van der Waals surface area contributed by atoms with Gasteiger partial charge in [-0.3, -0.25) is 0 Å². The molecular formula is C12H20N2O3S. The summed E-state index contributed by atoms with van der Waals surface area (Å²) in [4.78, 5) is 0.283. The van der Waals surface area contributed by atoms with E-state index in [9.17, 15) is 8.42 Å². The third kappa shape index (κ3) is 3.52. The number of aliphatic hydroxyl groups is 1. The molecule has 1 aromatic carbocycles. The van der Waals surface area contributed by atoms with E-state index in [1.807, 2.05) is 6.92 Å². The second-order valence-corrected chi connectivity index (χ2v) is 6.41. The Labute approximate surface area is 108 Å². The molecule has 0 heterocycles. The van der Waals surface area contributed by atoms with Crippen LogP contribution in [0.5, 0.6) is 0 Å². The maximum atomic E-state index is 11.9. The lowest BCUT2D eigenvalue weighted by Gasteiger charge is -2.15. The van der Waals surface area contributed by atoms with E-state index in [-0.39, 0.29) is 17.5 Å². The van der Waals surface area contributed by atoms with Crippen molar-refractivity contribution in [3.05, 3.63) is 29.8 Å². The number of sulfonamides is 1. The SMILES string of the molecule is CC(NCCO)c1ccc(S(=O)(=O)N(C)C)cc1. The van der Waals surface area contributed by atoms with E-state index in [1.165, 1.54) is 18.4 Å². The van der Waals surface area contributed by atoms with Crippen LogP contribution in [0.3, 0.4) is 0 Å². The topological polar surface area (TPSA) is 69.6 Å². The Bertz CT molecular complexity index is 469. The van der Waals surface area contributed by atoms with Crippen molar-refractivity contribution >= 4 is 10.0 Å². The molecule has 6 heteroatoms. The average Bonchev–Trinajstić information content (AvgIpc) is 2.35. The molecular weight excluding hydrogens is 252 g/mol. The van der Waals surface area contributed by atoms with Gasteiger partial charge in [-0.2, -0.15) is 0 Å². The quantitative estimate of drug-likeness (QED) is 0.795. The zero-order valence-electron chi connectivity index (χ0n) is 10.9. The zero-order chi connectivity index (χ0) is 13.8. The summed E-state index contributed by atoms with van der Waals surface area (Å²) in [6, 6.07) is 6.84. The molecule has 0 radical (unpaired) electrons. The van der Waals surface area contributed by atoms with Crippen LogP contribution in [-0.2, 0) is 10.0 Å². The minimum atomic E-state index is -3.36. The van der Waals surface area contributed by atoms with Gasteiger partial charge in [-0.05, 0) is 24.6 Å².